The molecular formula is C26H27N3O5. The van der Waals surface area contributed by atoms with E-state index >= 15 is 0 Å². The Bertz CT molecular complexity index is 1210. The normalized spacial score (nSPS) is 14.9. The lowest BCUT2D eigenvalue weighted by Gasteiger charge is -2.27. The average molecular weight is 462 g/mol. The molecule has 5 rings (SSSR count). The van der Waals surface area contributed by atoms with E-state index in [1.54, 1.807) is 18.2 Å². The molecule has 0 amide bonds. The van der Waals surface area contributed by atoms with Gasteiger partial charge in [-0.15, -0.1) is 0 Å². The molecule has 2 N–H and O–H groups in total. The monoisotopic (exact) mass is 461 g/mol. The van der Waals surface area contributed by atoms with E-state index in [4.69, 9.17) is 14.2 Å². The van der Waals surface area contributed by atoms with Crippen LogP contribution >= 0.6 is 0 Å². The van der Waals surface area contributed by atoms with Gasteiger partial charge in [0.25, 0.3) is 0 Å². The van der Waals surface area contributed by atoms with Gasteiger partial charge in [-0.3, -0.25) is 0 Å². The van der Waals surface area contributed by atoms with Gasteiger partial charge < -0.3 is 24.6 Å². The van der Waals surface area contributed by atoms with Crippen molar-refractivity contribution in [1.29, 1.82) is 0 Å². The fourth-order valence-electron chi connectivity index (χ4n) is 4.06. The smallest absolute Gasteiger partial charge is 0.339 e. The van der Waals surface area contributed by atoms with Crippen LogP contribution < -0.4 is 19.5 Å². The van der Waals surface area contributed by atoms with Crippen LogP contribution in [0.2, 0.25) is 0 Å². The van der Waals surface area contributed by atoms with Crippen LogP contribution in [-0.2, 0) is 6.42 Å². The van der Waals surface area contributed by atoms with Crippen LogP contribution in [-0.4, -0.2) is 46.9 Å². The molecule has 0 radical (unpaired) electrons. The van der Waals surface area contributed by atoms with Crippen molar-refractivity contribution in [2.75, 3.05) is 25.1 Å². The van der Waals surface area contributed by atoms with Crippen molar-refractivity contribution >= 4 is 11.8 Å². The van der Waals surface area contributed by atoms with E-state index in [0.717, 1.165) is 48.3 Å². The van der Waals surface area contributed by atoms with E-state index in [2.05, 4.69) is 22.2 Å². The Morgan fingerprint density at radius 3 is 2.65 bits per heavy atom. The van der Waals surface area contributed by atoms with Crippen molar-refractivity contribution in [3.63, 3.8) is 0 Å². The number of hydrogen-bond acceptors (Lipinski definition) is 7. The molecule has 8 nitrogen and oxygen atoms in total. The first-order valence-corrected chi connectivity index (χ1v) is 11.6. The molecule has 0 spiro atoms. The summed E-state index contributed by atoms with van der Waals surface area (Å²) < 4.78 is 17.3. The summed E-state index contributed by atoms with van der Waals surface area (Å²) in [6.45, 7) is 3.90. The van der Waals surface area contributed by atoms with E-state index in [0.29, 0.717) is 37.0 Å². The maximum Gasteiger partial charge on any atom is 0.339 e. The summed E-state index contributed by atoms with van der Waals surface area (Å²) in [5, 5.41) is 12.9. The van der Waals surface area contributed by atoms with Crippen molar-refractivity contribution in [2.45, 2.75) is 38.7 Å². The number of anilines is 1. The van der Waals surface area contributed by atoms with Crippen molar-refractivity contribution in [3.05, 3.63) is 59.4 Å². The van der Waals surface area contributed by atoms with E-state index < -0.39 is 5.97 Å². The van der Waals surface area contributed by atoms with Crippen LogP contribution in [0.5, 0.6) is 17.2 Å². The number of nitrogens with one attached hydrogen (secondary N) is 1. The van der Waals surface area contributed by atoms with Gasteiger partial charge in [0.05, 0.1) is 11.8 Å². The molecule has 2 heterocycles. The molecule has 34 heavy (non-hydrogen) atoms. The summed E-state index contributed by atoms with van der Waals surface area (Å²) >= 11 is 0. The van der Waals surface area contributed by atoms with Gasteiger partial charge in [-0.25, -0.2) is 14.8 Å². The zero-order valence-electron chi connectivity index (χ0n) is 19.0. The Hall–Kier alpha value is -3.81. The molecule has 0 bridgehead atoms. The summed E-state index contributed by atoms with van der Waals surface area (Å²) in [6, 6.07) is 11.0. The highest BCUT2D eigenvalue weighted by atomic mass is 16.6. The zero-order chi connectivity index (χ0) is 23.5. The Kier molecular flexibility index (Phi) is 6.20. The number of carboxylic acid groups (broad SMARTS) is 1. The van der Waals surface area contributed by atoms with Gasteiger partial charge in [-0.1, -0.05) is 6.07 Å². The molecule has 0 unspecified atom stereocenters. The highest BCUT2D eigenvalue weighted by molar-refractivity contribution is 5.92. The number of benzene rings is 2. The molecule has 0 saturated heterocycles. The van der Waals surface area contributed by atoms with E-state index in [9.17, 15) is 9.90 Å². The predicted molar refractivity (Wildman–Crippen MR) is 127 cm³/mol. The van der Waals surface area contributed by atoms with Crippen LogP contribution in [0.1, 0.15) is 40.7 Å². The number of aryl methyl sites for hydroxylation is 1. The lowest BCUT2D eigenvalue weighted by Crippen LogP contribution is -2.25. The minimum Gasteiger partial charge on any atom is -0.490 e. The molecule has 1 fully saturated rings. The predicted octanol–water partition coefficient (Wildman–Crippen LogP) is 4.51. The third-order valence-electron chi connectivity index (χ3n) is 6.22. The Morgan fingerprint density at radius 2 is 1.91 bits per heavy atom. The summed E-state index contributed by atoms with van der Waals surface area (Å²) in [5.74, 6) is 1.68. The molecule has 1 aromatic heterocycles. The fourth-order valence-corrected chi connectivity index (χ4v) is 4.06. The second kappa shape index (κ2) is 9.59. The van der Waals surface area contributed by atoms with Gasteiger partial charge in [0.2, 0.25) is 0 Å². The number of aromatic carboxylic acids is 1. The maximum absolute atomic E-state index is 11.6. The van der Waals surface area contributed by atoms with E-state index in [-0.39, 0.29) is 11.7 Å². The van der Waals surface area contributed by atoms with Crippen LogP contribution in [0.4, 0.5) is 5.82 Å². The summed E-state index contributed by atoms with van der Waals surface area (Å²) in [5.41, 5.74) is 3.99. The Morgan fingerprint density at radius 1 is 1.12 bits per heavy atom. The van der Waals surface area contributed by atoms with Gasteiger partial charge in [0, 0.05) is 18.2 Å². The highest BCUT2D eigenvalue weighted by Gasteiger charge is 2.22. The molecule has 1 saturated carbocycles. The molecular weight excluding hydrogens is 434 g/mol. The van der Waals surface area contributed by atoms with Crippen LogP contribution in [0, 0.1) is 6.92 Å². The lowest BCUT2D eigenvalue weighted by atomic mass is 9.96. The number of aromatic nitrogens is 2. The zero-order valence-corrected chi connectivity index (χ0v) is 19.0. The molecule has 2 aromatic carbocycles. The standard InChI is InChI=1S/C26H27N3O5/c1-16-11-23-24(33-10-9-32-23)12-17(16)7-8-27-25-14-21(28-15-29-25)18-5-6-20(26(30)31)22(13-18)34-19-3-2-4-19/h5-6,11-15,19H,2-4,7-10H2,1H3,(H,30,31)(H,27,28,29). The summed E-state index contributed by atoms with van der Waals surface area (Å²) in [4.78, 5) is 20.3. The minimum atomic E-state index is -1.000. The average Bonchev–Trinajstić information content (AvgIpc) is 2.81. The molecule has 8 heteroatoms. The second-order valence-electron chi connectivity index (χ2n) is 8.57. The van der Waals surface area contributed by atoms with Crippen LogP contribution in [0.15, 0.2) is 42.7 Å². The van der Waals surface area contributed by atoms with Gasteiger partial charge in [0.1, 0.15) is 36.7 Å². The second-order valence-corrected chi connectivity index (χ2v) is 8.57. The third-order valence-corrected chi connectivity index (χ3v) is 6.22. The highest BCUT2D eigenvalue weighted by Crippen LogP contribution is 2.34. The van der Waals surface area contributed by atoms with Gasteiger partial charge in [0.15, 0.2) is 11.5 Å². The van der Waals surface area contributed by atoms with E-state index in [1.807, 2.05) is 18.2 Å². The number of hydrogen-bond donors (Lipinski definition) is 2. The maximum atomic E-state index is 11.6. The fraction of sp³-hybridized carbons (Fsp3) is 0.346. The molecule has 2 aliphatic rings. The number of fused-ring (bicyclic) bond motifs is 1. The number of carboxylic acids is 1. The topological polar surface area (TPSA) is 103 Å². The largest absolute Gasteiger partial charge is 0.490 e. The van der Waals surface area contributed by atoms with Crippen LogP contribution in [0.25, 0.3) is 11.3 Å². The van der Waals surface area contributed by atoms with Gasteiger partial charge >= 0.3 is 5.97 Å². The molecule has 1 aliphatic heterocycles. The van der Waals surface area contributed by atoms with Crippen molar-refractivity contribution in [2.24, 2.45) is 0 Å². The van der Waals surface area contributed by atoms with Crippen molar-refractivity contribution in [3.8, 4) is 28.5 Å². The number of rotatable bonds is 8. The molecule has 176 valence electrons. The van der Waals surface area contributed by atoms with E-state index in [1.165, 1.54) is 11.9 Å². The first kappa shape index (κ1) is 22.0. The molecule has 0 atom stereocenters. The number of ether oxygens (including phenoxy) is 3. The summed E-state index contributed by atoms with van der Waals surface area (Å²) in [6.07, 6.45) is 5.40. The Labute approximate surface area is 197 Å². The first-order chi connectivity index (χ1) is 16.6. The third kappa shape index (κ3) is 4.76. The quantitative estimate of drug-likeness (QED) is 0.505. The number of carbonyl (C=O) groups is 1. The SMILES string of the molecule is Cc1cc2c(cc1CCNc1cc(-c3ccc(C(=O)O)c(OC4CCC4)c3)ncn1)OCCO2. The van der Waals surface area contributed by atoms with Crippen molar-refractivity contribution < 1.29 is 24.1 Å². The minimum absolute atomic E-state index is 0.0833. The van der Waals surface area contributed by atoms with Gasteiger partial charge in [-0.2, -0.15) is 0 Å². The number of nitrogens with zero attached hydrogens (tertiary/aromatic N) is 2. The lowest BCUT2D eigenvalue weighted by molar-refractivity contribution is 0.0680. The van der Waals surface area contributed by atoms with Crippen molar-refractivity contribution in [1.82, 2.24) is 9.97 Å². The Balaban J connectivity index is 1.28. The summed E-state index contributed by atoms with van der Waals surface area (Å²) in [7, 11) is 0. The van der Waals surface area contributed by atoms with Crippen LogP contribution in [0.3, 0.4) is 0 Å². The first-order valence-electron chi connectivity index (χ1n) is 11.6. The molecule has 3 aromatic rings. The van der Waals surface area contributed by atoms with Gasteiger partial charge in [-0.05, 0) is 68.0 Å². The molecule has 1 aliphatic carbocycles.